The molecule has 2 unspecified atom stereocenters. The molecule has 0 heterocycles. The maximum atomic E-state index is 11.7. The van der Waals surface area contributed by atoms with Crippen LogP contribution in [0.2, 0.25) is 0 Å². The lowest BCUT2D eigenvalue weighted by Gasteiger charge is -2.22. The third kappa shape index (κ3) is 10.0. The summed E-state index contributed by atoms with van der Waals surface area (Å²) in [5.74, 6) is -2.09. The van der Waals surface area contributed by atoms with Crippen LogP contribution < -0.4 is 10.6 Å². The molecule has 0 rings (SSSR count). The molecule has 9 heteroatoms. The Bertz CT molecular complexity index is 421. The number of aldehydes is 1. The van der Waals surface area contributed by atoms with Gasteiger partial charge in [0.15, 0.2) is 0 Å². The predicted octanol–water partition coefficient (Wildman–Crippen LogP) is 0.703. The van der Waals surface area contributed by atoms with E-state index < -0.39 is 30.1 Å². The highest BCUT2D eigenvalue weighted by Crippen LogP contribution is 2.23. The fraction of sp³-hybridized carbons (Fsp3) is 0.692. The van der Waals surface area contributed by atoms with Gasteiger partial charge < -0.3 is 25.6 Å². The third-order valence-corrected chi connectivity index (χ3v) is 3.80. The van der Waals surface area contributed by atoms with E-state index in [4.69, 9.17) is 10.2 Å². The number of aliphatic carboxylic acids is 2. The van der Waals surface area contributed by atoms with Gasteiger partial charge in [-0.2, -0.15) is 11.8 Å². The van der Waals surface area contributed by atoms with Crippen LogP contribution in [0.5, 0.6) is 0 Å². The number of carboxylic acid groups (broad SMARTS) is 2. The lowest BCUT2D eigenvalue weighted by Crippen LogP contribution is -2.50. The Morgan fingerprint density at radius 2 is 1.77 bits per heavy atom. The van der Waals surface area contributed by atoms with Gasteiger partial charge in [0.2, 0.25) is 0 Å². The minimum absolute atomic E-state index is 0.0548. The zero-order valence-electron chi connectivity index (χ0n) is 12.8. The van der Waals surface area contributed by atoms with E-state index in [1.165, 1.54) is 11.8 Å². The second-order valence-electron chi connectivity index (χ2n) is 5.61. The minimum atomic E-state index is -1.18. The fourth-order valence-corrected chi connectivity index (χ4v) is 2.22. The first-order valence-corrected chi connectivity index (χ1v) is 7.64. The summed E-state index contributed by atoms with van der Waals surface area (Å²) in [5.41, 5.74) is 0. The molecule has 4 N–H and O–H groups in total. The average molecular weight is 334 g/mol. The molecule has 0 aromatic heterocycles. The van der Waals surface area contributed by atoms with Crippen molar-refractivity contribution >= 4 is 36.0 Å². The van der Waals surface area contributed by atoms with Crippen molar-refractivity contribution in [1.29, 1.82) is 0 Å². The third-order valence-electron chi connectivity index (χ3n) is 2.44. The molecule has 0 fully saturated rings. The molecule has 126 valence electrons. The van der Waals surface area contributed by atoms with E-state index in [1.54, 1.807) is 0 Å². The SMILES string of the molecule is CC(C)(C)SCC(NC(=O)NC(C=O)CCC(=O)O)C(=O)O. The van der Waals surface area contributed by atoms with Gasteiger partial charge >= 0.3 is 18.0 Å². The maximum absolute atomic E-state index is 11.7. The van der Waals surface area contributed by atoms with Gasteiger partial charge in [0.05, 0.1) is 6.04 Å². The average Bonchev–Trinajstić information content (AvgIpc) is 2.37. The van der Waals surface area contributed by atoms with Gasteiger partial charge in [0.1, 0.15) is 12.3 Å². The van der Waals surface area contributed by atoms with Crippen LogP contribution in [0.1, 0.15) is 33.6 Å². The Hall–Kier alpha value is -1.77. The van der Waals surface area contributed by atoms with Crippen molar-refractivity contribution in [2.75, 3.05) is 5.75 Å². The van der Waals surface area contributed by atoms with Crippen LogP contribution in [0.25, 0.3) is 0 Å². The van der Waals surface area contributed by atoms with Gasteiger partial charge in [-0.25, -0.2) is 9.59 Å². The molecule has 0 aliphatic carbocycles. The van der Waals surface area contributed by atoms with Crippen molar-refractivity contribution in [3.8, 4) is 0 Å². The summed E-state index contributed by atoms with van der Waals surface area (Å²) in [7, 11) is 0. The molecule has 8 nitrogen and oxygen atoms in total. The molecule has 0 spiro atoms. The zero-order chi connectivity index (χ0) is 17.3. The van der Waals surface area contributed by atoms with Crippen molar-refractivity contribution in [3.05, 3.63) is 0 Å². The van der Waals surface area contributed by atoms with Crippen molar-refractivity contribution in [2.24, 2.45) is 0 Å². The van der Waals surface area contributed by atoms with E-state index in [-0.39, 0.29) is 23.3 Å². The zero-order valence-corrected chi connectivity index (χ0v) is 13.6. The molecule has 0 saturated heterocycles. The summed E-state index contributed by atoms with van der Waals surface area (Å²) in [4.78, 5) is 44.0. The fourth-order valence-electron chi connectivity index (χ4n) is 1.33. The monoisotopic (exact) mass is 334 g/mol. The van der Waals surface area contributed by atoms with Gasteiger partial charge in [0.25, 0.3) is 0 Å². The molecule has 0 aromatic rings. The topological polar surface area (TPSA) is 133 Å². The van der Waals surface area contributed by atoms with Crippen LogP contribution in [-0.2, 0) is 14.4 Å². The number of thioether (sulfide) groups is 1. The molecular formula is C13H22N2O6S. The summed E-state index contributed by atoms with van der Waals surface area (Å²) in [5, 5.41) is 22.1. The molecule has 2 amide bonds. The molecule has 2 atom stereocenters. The number of carboxylic acids is 2. The summed E-state index contributed by atoms with van der Waals surface area (Å²) in [6, 6.07) is -2.89. The molecular weight excluding hydrogens is 312 g/mol. The number of hydrogen-bond acceptors (Lipinski definition) is 5. The van der Waals surface area contributed by atoms with E-state index in [0.717, 1.165) is 0 Å². The highest BCUT2D eigenvalue weighted by Gasteiger charge is 2.24. The highest BCUT2D eigenvalue weighted by atomic mass is 32.2. The summed E-state index contributed by atoms with van der Waals surface area (Å²) in [6.45, 7) is 5.76. The lowest BCUT2D eigenvalue weighted by atomic mass is 10.2. The van der Waals surface area contributed by atoms with Gasteiger partial charge in [0, 0.05) is 16.9 Å². The van der Waals surface area contributed by atoms with E-state index in [2.05, 4.69) is 10.6 Å². The molecule has 0 saturated carbocycles. The van der Waals surface area contributed by atoms with Crippen LogP contribution in [0.4, 0.5) is 4.79 Å². The van der Waals surface area contributed by atoms with Crippen LogP contribution in [0.3, 0.4) is 0 Å². The van der Waals surface area contributed by atoms with Crippen LogP contribution in [-0.4, -0.2) is 57.1 Å². The normalized spacial score (nSPS) is 13.8. The van der Waals surface area contributed by atoms with Gasteiger partial charge in [-0.1, -0.05) is 20.8 Å². The van der Waals surface area contributed by atoms with E-state index in [0.29, 0.717) is 6.29 Å². The van der Waals surface area contributed by atoms with Crippen molar-refractivity contribution in [3.63, 3.8) is 0 Å². The van der Waals surface area contributed by atoms with E-state index in [1.807, 2.05) is 20.8 Å². The van der Waals surface area contributed by atoms with Crippen molar-refractivity contribution < 1.29 is 29.4 Å². The highest BCUT2D eigenvalue weighted by molar-refractivity contribution is 8.00. The number of hydrogen-bond donors (Lipinski definition) is 4. The van der Waals surface area contributed by atoms with Crippen molar-refractivity contribution in [1.82, 2.24) is 10.6 Å². The summed E-state index contributed by atoms with van der Waals surface area (Å²) >= 11 is 1.38. The first-order valence-electron chi connectivity index (χ1n) is 6.66. The summed E-state index contributed by atoms with van der Waals surface area (Å²) < 4.78 is -0.154. The second-order valence-corrected chi connectivity index (χ2v) is 7.45. The number of carbonyl (C=O) groups is 4. The molecule has 0 aliphatic heterocycles. The predicted molar refractivity (Wildman–Crippen MR) is 82.0 cm³/mol. The first-order chi connectivity index (χ1) is 10.0. The molecule has 0 bridgehead atoms. The number of rotatable bonds is 9. The van der Waals surface area contributed by atoms with Gasteiger partial charge in [-0.15, -0.1) is 0 Å². The second kappa shape index (κ2) is 9.29. The Labute approximate surface area is 133 Å². The Morgan fingerprint density at radius 1 is 1.18 bits per heavy atom. The number of urea groups is 1. The molecule has 0 aliphatic rings. The largest absolute Gasteiger partial charge is 0.481 e. The molecule has 0 radical (unpaired) electrons. The Kier molecular flexibility index (Phi) is 8.54. The molecule has 0 aromatic carbocycles. The standard InChI is InChI=1S/C13H22N2O6S/c1-13(2,3)22-7-9(11(19)20)15-12(21)14-8(6-16)4-5-10(17)18/h6,8-9H,4-5,7H2,1-3H3,(H,17,18)(H,19,20)(H2,14,15,21). The molecule has 22 heavy (non-hydrogen) atoms. The van der Waals surface area contributed by atoms with Crippen LogP contribution >= 0.6 is 11.8 Å². The Balaban J connectivity index is 4.46. The minimum Gasteiger partial charge on any atom is -0.481 e. The van der Waals surface area contributed by atoms with Gasteiger partial charge in [-0.3, -0.25) is 4.79 Å². The lowest BCUT2D eigenvalue weighted by molar-refractivity contribution is -0.139. The van der Waals surface area contributed by atoms with E-state index >= 15 is 0 Å². The van der Waals surface area contributed by atoms with Crippen LogP contribution in [0, 0.1) is 0 Å². The number of nitrogens with one attached hydrogen (secondary N) is 2. The quantitative estimate of drug-likeness (QED) is 0.456. The Morgan fingerprint density at radius 3 is 2.18 bits per heavy atom. The number of carbonyl (C=O) groups excluding carboxylic acids is 2. The smallest absolute Gasteiger partial charge is 0.327 e. The van der Waals surface area contributed by atoms with E-state index in [9.17, 15) is 19.2 Å². The van der Waals surface area contributed by atoms with Crippen LogP contribution in [0.15, 0.2) is 0 Å². The number of amides is 2. The van der Waals surface area contributed by atoms with Crippen molar-refractivity contribution in [2.45, 2.75) is 50.4 Å². The van der Waals surface area contributed by atoms with Gasteiger partial charge in [-0.05, 0) is 6.42 Å². The first kappa shape index (κ1) is 20.2. The summed E-state index contributed by atoms with van der Waals surface area (Å²) in [6.07, 6.45) is 0.0921. The maximum Gasteiger partial charge on any atom is 0.327 e.